The first-order valence-electron chi connectivity index (χ1n) is 8.89. The molecule has 0 bridgehead atoms. The molecule has 0 aliphatic heterocycles. The molecule has 2 aromatic rings. The maximum atomic E-state index is 12.3. The number of hydrogen-bond donors (Lipinski definition) is 2. The topological polar surface area (TPSA) is 75.6 Å². The average molecular weight is 390 g/mol. The molecule has 1 amide bonds. The standard InChI is InChI=1S/C21H24ClNO4/c1-3-14(2)17-6-4-5-7-19(17)27-13-20(24)23-18(12-21(25)26)15-8-10-16(22)11-9-15/h4-11,14,18H,3,12-13H2,1-2H3,(H,23,24)(H,25,26). The maximum Gasteiger partial charge on any atom is 0.305 e. The highest BCUT2D eigenvalue weighted by Gasteiger charge is 2.19. The van der Waals surface area contributed by atoms with E-state index in [0.29, 0.717) is 22.3 Å². The average Bonchev–Trinajstić information content (AvgIpc) is 2.65. The Hall–Kier alpha value is -2.53. The van der Waals surface area contributed by atoms with Gasteiger partial charge < -0.3 is 15.2 Å². The minimum absolute atomic E-state index is 0.183. The van der Waals surface area contributed by atoms with Crippen LogP contribution in [0.5, 0.6) is 5.75 Å². The number of rotatable bonds is 9. The molecule has 2 rings (SSSR count). The molecule has 0 radical (unpaired) electrons. The van der Waals surface area contributed by atoms with Gasteiger partial charge in [0.1, 0.15) is 5.75 Å². The van der Waals surface area contributed by atoms with Crippen LogP contribution < -0.4 is 10.1 Å². The first-order valence-corrected chi connectivity index (χ1v) is 9.26. The summed E-state index contributed by atoms with van der Waals surface area (Å²) >= 11 is 5.87. The third kappa shape index (κ3) is 6.29. The van der Waals surface area contributed by atoms with Crippen molar-refractivity contribution < 1.29 is 19.4 Å². The van der Waals surface area contributed by atoms with Crippen LogP contribution in [0.4, 0.5) is 0 Å². The number of nitrogens with one attached hydrogen (secondary N) is 1. The lowest BCUT2D eigenvalue weighted by Gasteiger charge is -2.19. The van der Waals surface area contributed by atoms with Gasteiger partial charge in [0.05, 0.1) is 12.5 Å². The molecule has 2 N–H and O–H groups in total. The predicted molar refractivity (Wildman–Crippen MR) is 105 cm³/mol. The van der Waals surface area contributed by atoms with Gasteiger partial charge in [0.2, 0.25) is 0 Å². The molecule has 27 heavy (non-hydrogen) atoms. The molecule has 0 fully saturated rings. The molecule has 2 unspecified atom stereocenters. The summed E-state index contributed by atoms with van der Waals surface area (Å²) < 4.78 is 5.70. The van der Waals surface area contributed by atoms with Crippen molar-refractivity contribution in [3.05, 3.63) is 64.7 Å². The second kappa shape index (κ2) is 9.97. The summed E-state index contributed by atoms with van der Waals surface area (Å²) in [5, 5.41) is 12.4. The van der Waals surface area contributed by atoms with Gasteiger partial charge in [-0.05, 0) is 41.7 Å². The summed E-state index contributed by atoms with van der Waals surface area (Å²) in [6, 6.07) is 13.7. The summed E-state index contributed by atoms with van der Waals surface area (Å²) in [5.74, 6) is -0.394. The fourth-order valence-corrected chi connectivity index (χ4v) is 2.87. The zero-order chi connectivity index (χ0) is 19.8. The van der Waals surface area contributed by atoms with Crippen LogP contribution in [0.2, 0.25) is 5.02 Å². The SMILES string of the molecule is CCC(C)c1ccccc1OCC(=O)NC(CC(=O)O)c1ccc(Cl)cc1. The maximum absolute atomic E-state index is 12.3. The number of ether oxygens (including phenoxy) is 1. The molecule has 144 valence electrons. The number of halogens is 1. The van der Waals surface area contributed by atoms with Gasteiger partial charge in [-0.1, -0.05) is 55.8 Å². The van der Waals surface area contributed by atoms with Gasteiger partial charge in [0.15, 0.2) is 6.61 Å². The van der Waals surface area contributed by atoms with Crippen LogP contribution in [0.1, 0.15) is 49.8 Å². The number of aliphatic carboxylic acids is 1. The molecule has 6 heteroatoms. The number of hydrogen-bond acceptors (Lipinski definition) is 3. The highest BCUT2D eigenvalue weighted by atomic mass is 35.5. The van der Waals surface area contributed by atoms with Crippen LogP contribution in [0, 0.1) is 0 Å². The highest BCUT2D eigenvalue weighted by Crippen LogP contribution is 2.28. The fourth-order valence-electron chi connectivity index (χ4n) is 2.74. The Morgan fingerprint density at radius 3 is 2.44 bits per heavy atom. The lowest BCUT2D eigenvalue weighted by atomic mass is 9.98. The van der Waals surface area contributed by atoms with Gasteiger partial charge in [0, 0.05) is 5.02 Å². The van der Waals surface area contributed by atoms with Gasteiger partial charge in [-0.2, -0.15) is 0 Å². The van der Waals surface area contributed by atoms with Crippen molar-refractivity contribution in [2.24, 2.45) is 0 Å². The van der Waals surface area contributed by atoms with E-state index in [-0.39, 0.29) is 18.9 Å². The van der Waals surface area contributed by atoms with Crippen molar-refractivity contribution in [1.82, 2.24) is 5.32 Å². The number of carbonyl (C=O) groups is 2. The molecular weight excluding hydrogens is 366 g/mol. The van der Waals surface area contributed by atoms with Gasteiger partial charge in [-0.15, -0.1) is 0 Å². The third-order valence-electron chi connectivity index (χ3n) is 4.41. The second-order valence-corrected chi connectivity index (χ2v) is 6.84. The first kappa shape index (κ1) is 20.8. The van der Waals surface area contributed by atoms with Crippen LogP contribution in [-0.2, 0) is 9.59 Å². The number of benzene rings is 2. The second-order valence-electron chi connectivity index (χ2n) is 6.41. The van der Waals surface area contributed by atoms with E-state index < -0.39 is 12.0 Å². The van der Waals surface area contributed by atoms with Crippen molar-refractivity contribution in [3.8, 4) is 5.75 Å². The van der Waals surface area contributed by atoms with Crippen LogP contribution in [0.3, 0.4) is 0 Å². The molecule has 0 saturated heterocycles. The number of carboxylic acid groups (broad SMARTS) is 1. The van der Waals surface area contributed by atoms with E-state index in [4.69, 9.17) is 21.4 Å². The Bertz CT molecular complexity index is 776. The Labute approximate surface area is 164 Å². The van der Waals surface area contributed by atoms with Crippen LogP contribution in [0.15, 0.2) is 48.5 Å². The zero-order valence-corrected chi connectivity index (χ0v) is 16.2. The van der Waals surface area contributed by atoms with Gasteiger partial charge in [-0.25, -0.2) is 0 Å². The summed E-state index contributed by atoms with van der Waals surface area (Å²) in [5.41, 5.74) is 1.72. The lowest BCUT2D eigenvalue weighted by Crippen LogP contribution is -2.34. The molecule has 0 aliphatic rings. The molecule has 0 saturated carbocycles. The van der Waals surface area contributed by atoms with E-state index in [2.05, 4.69) is 19.2 Å². The number of carboxylic acids is 1. The molecule has 0 heterocycles. The first-order chi connectivity index (χ1) is 12.9. The summed E-state index contributed by atoms with van der Waals surface area (Å²) in [4.78, 5) is 23.5. The van der Waals surface area contributed by atoms with E-state index in [9.17, 15) is 9.59 Å². The Morgan fingerprint density at radius 1 is 1.15 bits per heavy atom. The quantitative estimate of drug-likeness (QED) is 0.659. The van der Waals surface area contributed by atoms with E-state index in [1.165, 1.54) is 0 Å². The normalized spacial score (nSPS) is 12.9. The van der Waals surface area contributed by atoms with Crippen molar-refractivity contribution in [2.45, 2.75) is 38.6 Å². The highest BCUT2D eigenvalue weighted by molar-refractivity contribution is 6.30. The molecule has 0 spiro atoms. The predicted octanol–water partition coefficient (Wildman–Crippen LogP) is 4.56. The monoisotopic (exact) mass is 389 g/mol. The smallest absolute Gasteiger partial charge is 0.305 e. The fraction of sp³-hybridized carbons (Fsp3) is 0.333. The van der Waals surface area contributed by atoms with Crippen LogP contribution >= 0.6 is 11.6 Å². The Morgan fingerprint density at radius 2 is 1.81 bits per heavy atom. The van der Waals surface area contributed by atoms with Gasteiger partial charge in [-0.3, -0.25) is 9.59 Å². The number of carbonyl (C=O) groups excluding carboxylic acids is 1. The minimum atomic E-state index is -1.00. The number of para-hydroxylation sites is 1. The van der Waals surface area contributed by atoms with E-state index in [1.807, 2.05) is 24.3 Å². The van der Waals surface area contributed by atoms with E-state index in [0.717, 1.165) is 12.0 Å². The van der Waals surface area contributed by atoms with Gasteiger partial charge in [0.25, 0.3) is 5.91 Å². The van der Waals surface area contributed by atoms with Crippen molar-refractivity contribution in [1.29, 1.82) is 0 Å². The minimum Gasteiger partial charge on any atom is -0.483 e. The van der Waals surface area contributed by atoms with E-state index >= 15 is 0 Å². The van der Waals surface area contributed by atoms with Crippen molar-refractivity contribution in [2.75, 3.05) is 6.61 Å². The summed E-state index contributed by atoms with van der Waals surface area (Å²) in [6.45, 7) is 4.01. The zero-order valence-electron chi connectivity index (χ0n) is 15.4. The molecule has 0 aromatic heterocycles. The number of amides is 1. The molecule has 0 aliphatic carbocycles. The van der Waals surface area contributed by atoms with Crippen molar-refractivity contribution in [3.63, 3.8) is 0 Å². The largest absolute Gasteiger partial charge is 0.483 e. The van der Waals surface area contributed by atoms with E-state index in [1.54, 1.807) is 24.3 Å². The Balaban J connectivity index is 2.04. The molecule has 2 atom stereocenters. The molecule has 5 nitrogen and oxygen atoms in total. The van der Waals surface area contributed by atoms with Crippen LogP contribution in [-0.4, -0.2) is 23.6 Å². The van der Waals surface area contributed by atoms with Crippen molar-refractivity contribution >= 4 is 23.5 Å². The Kier molecular flexibility index (Phi) is 7.67. The van der Waals surface area contributed by atoms with Crippen LogP contribution in [0.25, 0.3) is 0 Å². The molecule has 2 aromatic carbocycles. The van der Waals surface area contributed by atoms with Gasteiger partial charge >= 0.3 is 5.97 Å². The summed E-state index contributed by atoms with van der Waals surface area (Å²) in [6.07, 6.45) is 0.737. The lowest BCUT2D eigenvalue weighted by molar-refractivity contribution is -0.137. The third-order valence-corrected chi connectivity index (χ3v) is 4.66. The summed E-state index contributed by atoms with van der Waals surface area (Å²) in [7, 11) is 0. The molecular formula is C21H24ClNO4.